The summed E-state index contributed by atoms with van der Waals surface area (Å²) in [4.78, 5) is 0. The summed E-state index contributed by atoms with van der Waals surface area (Å²) in [5, 5.41) is 6.77. The van der Waals surface area contributed by atoms with Crippen LogP contribution in [0.3, 0.4) is 0 Å². The number of aryl methyl sites for hydroxylation is 2. The van der Waals surface area contributed by atoms with E-state index in [-0.39, 0.29) is 6.42 Å². The number of nitrogens with zero attached hydrogens (tertiary/aromatic N) is 2. The van der Waals surface area contributed by atoms with E-state index in [0.717, 1.165) is 5.69 Å². The first-order chi connectivity index (χ1) is 8.81. The Hall–Kier alpha value is -0.560. The summed E-state index contributed by atoms with van der Waals surface area (Å²) >= 11 is 3.35. The summed E-state index contributed by atoms with van der Waals surface area (Å²) in [5.41, 5.74) is 1.36. The van der Waals surface area contributed by atoms with Crippen LogP contribution in [0.1, 0.15) is 31.7 Å². The van der Waals surface area contributed by atoms with E-state index in [2.05, 4.69) is 26.3 Å². The van der Waals surface area contributed by atoms with Crippen molar-refractivity contribution in [1.82, 2.24) is 15.1 Å². The molecule has 7 heteroatoms. The molecule has 1 atom stereocenters. The van der Waals surface area contributed by atoms with Crippen molar-refractivity contribution < 1.29 is 13.2 Å². The van der Waals surface area contributed by atoms with Crippen LogP contribution in [0, 0.1) is 0 Å². The zero-order valence-electron chi connectivity index (χ0n) is 11.3. The quantitative estimate of drug-likeness (QED) is 0.860. The van der Waals surface area contributed by atoms with E-state index in [9.17, 15) is 13.2 Å². The maximum absolute atomic E-state index is 13.0. The van der Waals surface area contributed by atoms with Gasteiger partial charge < -0.3 is 5.32 Å². The van der Waals surface area contributed by atoms with Crippen LogP contribution in [-0.2, 0) is 19.9 Å². The molecule has 1 unspecified atom stereocenters. The molecule has 0 radical (unpaired) electrons. The van der Waals surface area contributed by atoms with Gasteiger partial charge in [-0.15, -0.1) is 0 Å². The summed E-state index contributed by atoms with van der Waals surface area (Å²) in [6.45, 7) is 4.11. The molecule has 1 heterocycles. The highest BCUT2D eigenvalue weighted by Gasteiger charge is 2.40. The summed E-state index contributed by atoms with van der Waals surface area (Å²) < 4.78 is 41.1. The number of aromatic nitrogens is 2. The second-order valence-electron chi connectivity index (χ2n) is 4.44. The molecular formula is C12H19BrF3N3. The molecule has 1 rings (SSSR count). The van der Waals surface area contributed by atoms with Crippen LogP contribution in [-0.4, -0.2) is 28.5 Å². The number of rotatable bonds is 6. The van der Waals surface area contributed by atoms with E-state index < -0.39 is 12.2 Å². The highest BCUT2D eigenvalue weighted by molar-refractivity contribution is 9.10. The highest BCUT2D eigenvalue weighted by Crippen LogP contribution is 2.28. The molecule has 0 bridgehead atoms. The summed E-state index contributed by atoms with van der Waals surface area (Å²) in [6, 6.07) is -1.54. The van der Waals surface area contributed by atoms with Crippen LogP contribution < -0.4 is 5.32 Å². The number of alkyl halides is 3. The molecule has 0 saturated carbocycles. The van der Waals surface area contributed by atoms with Gasteiger partial charge in [-0.05, 0) is 35.3 Å². The molecular weight excluding hydrogens is 323 g/mol. The van der Waals surface area contributed by atoms with Crippen molar-refractivity contribution in [3.05, 3.63) is 15.9 Å². The van der Waals surface area contributed by atoms with Gasteiger partial charge >= 0.3 is 6.18 Å². The Bertz CT molecular complexity index is 415. The normalized spacial score (nSPS) is 13.8. The van der Waals surface area contributed by atoms with E-state index in [0.29, 0.717) is 29.6 Å². The zero-order valence-corrected chi connectivity index (χ0v) is 12.9. The van der Waals surface area contributed by atoms with Gasteiger partial charge in [0.05, 0.1) is 15.9 Å². The fourth-order valence-corrected chi connectivity index (χ4v) is 2.64. The first kappa shape index (κ1) is 16.5. The van der Waals surface area contributed by atoms with Gasteiger partial charge in [0.1, 0.15) is 6.04 Å². The lowest BCUT2D eigenvalue weighted by atomic mass is 10.1. The molecule has 3 nitrogen and oxygen atoms in total. The van der Waals surface area contributed by atoms with Crippen molar-refractivity contribution in [2.24, 2.45) is 7.05 Å². The fourth-order valence-electron chi connectivity index (χ4n) is 1.86. The SMILES string of the molecule is CCCNC(Cc1c(Br)c(CC)nn1C)C(F)(F)F. The highest BCUT2D eigenvalue weighted by atomic mass is 79.9. The third-order valence-corrected chi connectivity index (χ3v) is 3.85. The Morgan fingerprint density at radius 1 is 1.37 bits per heavy atom. The Balaban J connectivity index is 2.93. The van der Waals surface area contributed by atoms with Crippen molar-refractivity contribution in [2.75, 3.05) is 6.54 Å². The Morgan fingerprint density at radius 3 is 2.42 bits per heavy atom. The molecule has 0 saturated heterocycles. The van der Waals surface area contributed by atoms with Crippen LogP contribution in [0.4, 0.5) is 13.2 Å². The molecule has 1 aromatic heterocycles. The van der Waals surface area contributed by atoms with Gasteiger partial charge in [-0.25, -0.2) is 0 Å². The second kappa shape index (κ2) is 6.74. The van der Waals surface area contributed by atoms with E-state index in [1.807, 2.05) is 13.8 Å². The summed E-state index contributed by atoms with van der Waals surface area (Å²) in [6.07, 6.45) is -3.02. The summed E-state index contributed by atoms with van der Waals surface area (Å²) in [5.74, 6) is 0. The minimum atomic E-state index is -4.26. The Morgan fingerprint density at radius 2 is 2.00 bits per heavy atom. The molecule has 1 N–H and O–H groups in total. The van der Waals surface area contributed by atoms with E-state index in [4.69, 9.17) is 0 Å². The minimum absolute atomic E-state index is 0.117. The Kier molecular flexibility index (Phi) is 5.85. The predicted molar refractivity (Wildman–Crippen MR) is 72.1 cm³/mol. The largest absolute Gasteiger partial charge is 0.404 e. The third-order valence-electron chi connectivity index (χ3n) is 2.94. The maximum Gasteiger partial charge on any atom is 0.404 e. The topological polar surface area (TPSA) is 29.9 Å². The fraction of sp³-hybridized carbons (Fsp3) is 0.750. The lowest BCUT2D eigenvalue weighted by Gasteiger charge is -2.21. The van der Waals surface area contributed by atoms with Crippen molar-refractivity contribution >= 4 is 15.9 Å². The maximum atomic E-state index is 13.0. The number of nitrogens with one attached hydrogen (secondary N) is 1. The zero-order chi connectivity index (χ0) is 14.6. The van der Waals surface area contributed by atoms with Crippen LogP contribution in [0.2, 0.25) is 0 Å². The standard InChI is InChI=1S/C12H19BrF3N3/c1-4-6-17-10(12(14,15)16)7-9-11(13)8(5-2)18-19(9)3/h10,17H,4-7H2,1-3H3. The Labute approximate surface area is 119 Å². The van der Waals surface area contributed by atoms with Gasteiger partial charge in [0.25, 0.3) is 0 Å². The van der Waals surface area contributed by atoms with E-state index >= 15 is 0 Å². The first-order valence-corrected chi connectivity index (χ1v) is 7.10. The van der Waals surface area contributed by atoms with Gasteiger partial charge in [-0.1, -0.05) is 13.8 Å². The van der Waals surface area contributed by atoms with Crippen LogP contribution >= 0.6 is 15.9 Å². The predicted octanol–water partition coefficient (Wildman–Crippen LogP) is 3.22. The molecule has 19 heavy (non-hydrogen) atoms. The van der Waals surface area contributed by atoms with E-state index in [1.165, 1.54) is 4.68 Å². The summed E-state index contributed by atoms with van der Waals surface area (Å²) in [7, 11) is 1.67. The van der Waals surface area contributed by atoms with Crippen LogP contribution in [0.25, 0.3) is 0 Å². The van der Waals surface area contributed by atoms with Gasteiger partial charge in [0.2, 0.25) is 0 Å². The molecule has 0 aromatic carbocycles. The number of hydrogen-bond donors (Lipinski definition) is 1. The molecule has 0 amide bonds. The molecule has 0 aliphatic rings. The van der Waals surface area contributed by atoms with Gasteiger partial charge in [-0.2, -0.15) is 18.3 Å². The number of halogens is 4. The van der Waals surface area contributed by atoms with Crippen molar-refractivity contribution in [1.29, 1.82) is 0 Å². The first-order valence-electron chi connectivity index (χ1n) is 6.31. The van der Waals surface area contributed by atoms with Crippen LogP contribution in [0.15, 0.2) is 4.47 Å². The van der Waals surface area contributed by atoms with Gasteiger partial charge in [-0.3, -0.25) is 4.68 Å². The van der Waals surface area contributed by atoms with Gasteiger partial charge in [0, 0.05) is 13.5 Å². The van der Waals surface area contributed by atoms with Gasteiger partial charge in [0.15, 0.2) is 0 Å². The van der Waals surface area contributed by atoms with Crippen molar-refractivity contribution in [3.8, 4) is 0 Å². The average Bonchev–Trinajstić information content (AvgIpc) is 2.59. The van der Waals surface area contributed by atoms with Crippen molar-refractivity contribution in [3.63, 3.8) is 0 Å². The number of hydrogen-bond acceptors (Lipinski definition) is 2. The lowest BCUT2D eigenvalue weighted by molar-refractivity contribution is -0.155. The van der Waals surface area contributed by atoms with E-state index in [1.54, 1.807) is 7.05 Å². The molecule has 110 valence electrons. The molecule has 0 aliphatic heterocycles. The smallest absolute Gasteiger partial charge is 0.306 e. The van der Waals surface area contributed by atoms with Crippen molar-refractivity contribution in [2.45, 2.75) is 45.3 Å². The monoisotopic (exact) mass is 341 g/mol. The molecule has 1 aromatic rings. The molecule has 0 aliphatic carbocycles. The third kappa shape index (κ3) is 4.21. The van der Waals surface area contributed by atoms with Crippen LogP contribution in [0.5, 0.6) is 0 Å². The second-order valence-corrected chi connectivity index (χ2v) is 5.23. The molecule has 0 spiro atoms. The lowest BCUT2D eigenvalue weighted by Crippen LogP contribution is -2.44. The minimum Gasteiger partial charge on any atom is -0.306 e. The average molecular weight is 342 g/mol. The molecule has 0 fully saturated rings.